The molecule has 1 fully saturated rings. The van der Waals surface area contributed by atoms with Crippen LogP contribution in [0.5, 0.6) is 5.75 Å². The summed E-state index contributed by atoms with van der Waals surface area (Å²) < 4.78 is 25.8. The van der Waals surface area contributed by atoms with Gasteiger partial charge in [0.2, 0.25) is 0 Å². The van der Waals surface area contributed by atoms with E-state index in [9.17, 15) is 0 Å². The highest BCUT2D eigenvalue weighted by Crippen LogP contribution is 2.47. The molecule has 3 aliphatic rings. The van der Waals surface area contributed by atoms with Crippen molar-refractivity contribution < 1.29 is 18.5 Å². The van der Waals surface area contributed by atoms with Gasteiger partial charge in [0, 0.05) is 10.8 Å². The van der Waals surface area contributed by atoms with Crippen molar-refractivity contribution in [2.24, 2.45) is 0 Å². The normalized spacial score (nSPS) is 22.1. The van der Waals surface area contributed by atoms with E-state index in [0.29, 0.717) is 0 Å². The van der Waals surface area contributed by atoms with E-state index in [0.717, 1.165) is 55.7 Å². The summed E-state index contributed by atoms with van der Waals surface area (Å²) in [6.45, 7) is 8.33. The third kappa shape index (κ3) is 3.86. The predicted molar refractivity (Wildman–Crippen MR) is 170 cm³/mol. The van der Waals surface area contributed by atoms with Crippen LogP contribution in [0.3, 0.4) is 0 Å². The fourth-order valence-corrected chi connectivity index (χ4v) is 6.29. The molecule has 0 spiro atoms. The minimum Gasteiger partial charge on any atom is -0.482 e. The van der Waals surface area contributed by atoms with Crippen molar-refractivity contribution in [3.8, 4) is 5.75 Å². The highest BCUT2D eigenvalue weighted by Gasteiger charge is 2.51. The molecule has 0 bridgehead atoms. The standard InChI is InChI=1S/C36H32BNO4/c1-35(2)36(3,4)42-37(41-35)25-12-9-11-23(21-25)24-19-20-29-33(22-24)39-32-18-8-6-15-28(32)38(29)30-16-10-14-27-26-13-5-7-17-31(26)40-34(27)30/h5-22,29,33H,1-4H3. The second-order valence-electron chi connectivity index (χ2n) is 12.4. The van der Waals surface area contributed by atoms with Crippen LogP contribution in [0, 0.1) is 0 Å². The van der Waals surface area contributed by atoms with Gasteiger partial charge in [0.25, 0.3) is 0 Å². The zero-order chi connectivity index (χ0) is 28.6. The molecule has 3 heterocycles. The number of anilines is 2. The molecule has 2 unspecified atom stereocenters. The lowest BCUT2D eigenvalue weighted by Gasteiger charge is -2.42. The molecule has 5 aromatic rings. The average molecular weight is 553 g/mol. The Bertz CT molecular complexity index is 1900. The van der Waals surface area contributed by atoms with Crippen LogP contribution in [0.15, 0.2) is 114 Å². The average Bonchev–Trinajstić information content (AvgIpc) is 3.48. The minimum absolute atomic E-state index is 0.0475. The number of ether oxygens (including phenoxy) is 1. The van der Waals surface area contributed by atoms with Crippen LogP contribution in [0.1, 0.15) is 33.3 Å². The van der Waals surface area contributed by atoms with Crippen LogP contribution in [0.2, 0.25) is 0 Å². The van der Waals surface area contributed by atoms with Crippen LogP contribution in [-0.4, -0.2) is 30.5 Å². The Morgan fingerprint density at radius 3 is 2.31 bits per heavy atom. The van der Waals surface area contributed by atoms with Gasteiger partial charge in [-0.3, -0.25) is 0 Å². The van der Waals surface area contributed by atoms with Crippen LogP contribution < -0.4 is 15.1 Å². The van der Waals surface area contributed by atoms with Gasteiger partial charge in [-0.1, -0.05) is 78.9 Å². The zero-order valence-electron chi connectivity index (χ0n) is 24.2. The van der Waals surface area contributed by atoms with E-state index in [1.54, 1.807) is 0 Å². The van der Waals surface area contributed by atoms with Crippen LogP contribution in [0.4, 0.5) is 11.4 Å². The molecule has 1 aromatic heterocycles. The molecular weight excluding hydrogens is 521 g/mol. The van der Waals surface area contributed by atoms with Gasteiger partial charge in [0.1, 0.15) is 17.4 Å². The molecule has 0 amide bonds. The maximum Gasteiger partial charge on any atom is 0.494 e. The van der Waals surface area contributed by atoms with Crippen molar-refractivity contribution in [1.29, 1.82) is 0 Å². The topological polar surface area (TPSA) is 44.1 Å². The Hall–Kier alpha value is -4.26. The number of nitrogens with zero attached hydrogens (tertiary/aromatic N) is 1. The molecule has 2 aliphatic heterocycles. The molecule has 2 atom stereocenters. The van der Waals surface area contributed by atoms with Gasteiger partial charge in [-0.2, -0.15) is 0 Å². The van der Waals surface area contributed by atoms with Gasteiger partial charge < -0.3 is 23.4 Å². The van der Waals surface area contributed by atoms with Crippen molar-refractivity contribution in [2.45, 2.75) is 51.0 Å². The molecule has 4 aromatic carbocycles. The number of para-hydroxylation sites is 4. The van der Waals surface area contributed by atoms with E-state index < -0.39 is 7.12 Å². The molecule has 208 valence electrons. The van der Waals surface area contributed by atoms with Crippen molar-refractivity contribution in [3.63, 3.8) is 0 Å². The predicted octanol–water partition coefficient (Wildman–Crippen LogP) is 7.81. The van der Waals surface area contributed by atoms with E-state index in [4.69, 9.17) is 18.5 Å². The molecule has 1 saturated heterocycles. The Morgan fingerprint density at radius 1 is 0.738 bits per heavy atom. The maximum absolute atomic E-state index is 6.65. The van der Waals surface area contributed by atoms with Gasteiger partial charge in [-0.15, -0.1) is 0 Å². The fraction of sp³-hybridized carbons (Fsp3) is 0.222. The number of furan rings is 1. The first-order valence-electron chi connectivity index (χ1n) is 14.6. The van der Waals surface area contributed by atoms with Gasteiger partial charge in [0.15, 0.2) is 5.58 Å². The van der Waals surface area contributed by atoms with Crippen molar-refractivity contribution in [1.82, 2.24) is 0 Å². The number of hydrogen-bond acceptors (Lipinski definition) is 5. The fourth-order valence-electron chi connectivity index (χ4n) is 6.29. The first-order valence-corrected chi connectivity index (χ1v) is 14.6. The van der Waals surface area contributed by atoms with Crippen molar-refractivity contribution in [3.05, 3.63) is 115 Å². The van der Waals surface area contributed by atoms with Crippen LogP contribution >= 0.6 is 0 Å². The summed E-state index contributed by atoms with van der Waals surface area (Å²) in [7, 11) is -0.409. The van der Waals surface area contributed by atoms with Crippen molar-refractivity contribution in [2.75, 3.05) is 4.90 Å². The minimum atomic E-state index is -0.409. The monoisotopic (exact) mass is 553 g/mol. The zero-order valence-corrected chi connectivity index (χ0v) is 24.2. The van der Waals surface area contributed by atoms with Crippen LogP contribution in [-0.2, 0) is 9.31 Å². The number of fused-ring (bicyclic) bond motifs is 5. The quantitative estimate of drug-likeness (QED) is 0.213. The van der Waals surface area contributed by atoms with Gasteiger partial charge in [-0.25, -0.2) is 0 Å². The van der Waals surface area contributed by atoms with Gasteiger partial charge in [0.05, 0.1) is 28.6 Å². The SMILES string of the molecule is CC1(C)OB(c2cccc(C3=CC4Oc5ccccc5N(c5cccc6c5oc5ccccc56)C4C=C3)c2)OC1(C)C. The summed E-state index contributed by atoms with van der Waals surface area (Å²) in [5.41, 5.74) is 6.26. The Labute approximate surface area is 246 Å². The molecule has 8 rings (SSSR count). The van der Waals surface area contributed by atoms with E-state index in [1.807, 2.05) is 24.3 Å². The first-order chi connectivity index (χ1) is 20.3. The summed E-state index contributed by atoms with van der Waals surface area (Å²) in [5, 5.41) is 2.23. The van der Waals surface area contributed by atoms with Crippen molar-refractivity contribution >= 4 is 51.5 Å². The molecule has 5 nitrogen and oxygen atoms in total. The first kappa shape index (κ1) is 25.5. The lowest BCUT2D eigenvalue weighted by Crippen LogP contribution is -2.46. The lowest BCUT2D eigenvalue weighted by molar-refractivity contribution is 0.00578. The van der Waals surface area contributed by atoms with Gasteiger partial charge >= 0.3 is 7.12 Å². The largest absolute Gasteiger partial charge is 0.494 e. The molecule has 0 radical (unpaired) electrons. The Kier molecular flexibility index (Phi) is 5.53. The highest BCUT2D eigenvalue weighted by atomic mass is 16.7. The van der Waals surface area contributed by atoms with E-state index in [1.165, 1.54) is 0 Å². The second kappa shape index (κ2) is 9.12. The van der Waals surface area contributed by atoms with E-state index in [2.05, 4.69) is 118 Å². The second-order valence-corrected chi connectivity index (χ2v) is 12.4. The lowest BCUT2D eigenvalue weighted by atomic mass is 9.77. The number of benzene rings is 4. The number of rotatable bonds is 3. The summed E-state index contributed by atoms with van der Waals surface area (Å²) in [6.07, 6.45) is 6.49. The van der Waals surface area contributed by atoms with E-state index in [-0.39, 0.29) is 23.3 Å². The molecular formula is C36H32BNO4. The third-order valence-electron chi connectivity index (χ3n) is 9.23. The third-order valence-corrected chi connectivity index (χ3v) is 9.23. The smallest absolute Gasteiger partial charge is 0.482 e. The summed E-state index contributed by atoms with van der Waals surface area (Å²) >= 11 is 0. The van der Waals surface area contributed by atoms with E-state index >= 15 is 0 Å². The highest BCUT2D eigenvalue weighted by molar-refractivity contribution is 6.62. The Balaban J connectivity index is 1.19. The molecule has 1 aliphatic carbocycles. The van der Waals surface area contributed by atoms with Crippen LogP contribution in [0.25, 0.3) is 27.5 Å². The number of hydrogen-bond donors (Lipinski definition) is 0. The number of allylic oxidation sites excluding steroid dienone is 2. The molecule has 0 saturated carbocycles. The maximum atomic E-state index is 6.65. The summed E-state index contributed by atoms with van der Waals surface area (Å²) in [5.74, 6) is 0.851. The summed E-state index contributed by atoms with van der Waals surface area (Å²) in [6, 6.07) is 31.3. The van der Waals surface area contributed by atoms with Gasteiger partial charge in [-0.05, 0) is 74.6 Å². The summed E-state index contributed by atoms with van der Waals surface area (Å²) in [4.78, 5) is 2.36. The Morgan fingerprint density at radius 2 is 1.45 bits per heavy atom. The molecule has 42 heavy (non-hydrogen) atoms. The molecule has 0 N–H and O–H groups in total. The molecule has 6 heteroatoms.